The Morgan fingerprint density at radius 1 is 1.07 bits per heavy atom. The van der Waals surface area contributed by atoms with Crippen LogP contribution in [-0.4, -0.2) is 26.8 Å². The number of carbonyl (C=O) groups is 1. The summed E-state index contributed by atoms with van der Waals surface area (Å²) in [5.41, 5.74) is -0.418. The van der Waals surface area contributed by atoms with Crippen molar-refractivity contribution in [2.45, 2.75) is 13.5 Å². The van der Waals surface area contributed by atoms with Gasteiger partial charge in [-0.1, -0.05) is 12.1 Å². The van der Waals surface area contributed by atoms with Crippen molar-refractivity contribution in [1.82, 2.24) is 13.7 Å². The van der Waals surface area contributed by atoms with Crippen LogP contribution in [0, 0.1) is 0 Å². The van der Waals surface area contributed by atoms with Gasteiger partial charge in [-0.2, -0.15) is 0 Å². The highest BCUT2D eigenvalue weighted by Crippen LogP contribution is 2.24. The van der Waals surface area contributed by atoms with E-state index in [0.717, 1.165) is 4.57 Å². The third kappa shape index (κ3) is 2.90. The van der Waals surface area contributed by atoms with Crippen molar-refractivity contribution in [1.29, 1.82) is 0 Å². The van der Waals surface area contributed by atoms with Crippen molar-refractivity contribution in [3.05, 3.63) is 67.1 Å². The lowest BCUT2D eigenvalue weighted by Gasteiger charge is -2.17. The van der Waals surface area contributed by atoms with E-state index < -0.39 is 22.8 Å². The lowest BCUT2D eigenvalue weighted by atomic mass is 10.1. The molecule has 9 heteroatoms. The van der Waals surface area contributed by atoms with Crippen LogP contribution < -0.4 is 22.1 Å². The van der Waals surface area contributed by atoms with Crippen molar-refractivity contribution in [3.8, 4) is 0 Å². The van der Waals surface area contributed by atoms with Gasteiger partial charge in [-0.05, 0) is 19.1 Å². The number of esters is 1. The van der Waals surface area contributed by atoms with Crippen LogP contribution in [0.1, 0.15) is 17.3 Å². The lowest BCUT2D eigenvalue weighted by molar-refractivity contribution is 0.0602. The second-order valence-corrected chi connectivity index (χ2v) is 6.21. The number of hydrogen-bond donors (Lipinski definition) is 1. The number of aromatic nitrogens is 3. The number of nitrogens with one attached hydrogen (secondary N) is 1. The highest BCUT2D eigenvalue weighted by atomic mass is 16.5. The van der Waals surface area contributed by atoms with Gasteiger partial charge in [0.05, 0.1) is 24.0 Å². The molecule has 0 aliphatic rings. The standard InChI is InChI=1S/C19H20N4O5/c1-5-23-16-15(17(25)22(3)19(23)27)13(10-14(24)21(16)2)20-12-9-7-6-8-11(12)18(26)28-4/h6-10,20H,5H2,1-4H3. The SMILES string of the molecule is CCn1c(=O)n(C)c(=O)c2c(Nc3ccccc3C(=O)OC)cc(=O)n(C)c21. The third-order valence-electron chi connectivity index (χ3n) is 4.62. The van der Waals surface area contributed by atoms with Crippen molar-refractivity contribution in [2.75, 3.05) is 12.4 Å². The molecular formula is C19H20N4O5. The van der Waals surface area contributed by atoms with E-state index in [0.29, 0.717) is 5.69 Å². The molecule has 146 valence electrons. The van der Waals surface area contributed by atoms with Gasteiger partial charge in [-0.3, -0.25) is 23.3 Å². The molecule has 9 nitrogen and oxygen atoms in total. The Hall–Kier alpha value is -3.62. The van der Waals surface area contributed by atoms with E-state index in [2.05, 4.69) is 5.32 Å². The Labute approximate surface area is 159 Å². The zero-order chi connectivity index (χ0) is 20.6. The van der Waals surface area contributed by atoms with E-state index >= 15 is 0 Å². The topological polar surface area (TPSA) is 104 Å². The minimum atomic E-state index is -0.561. The van der Waals surface area contributed by atoms with Crippen LogP contribution in [0.3, 0.4) is 0 Å². The average Bonchev–Trinajstić information content (AvgIpc) is 2.69. The molecular weight excluding hydrogens is 364 g/mol. The quantitative estimate of drug-likeness (QED) is 0.672. The fourth-order valence-corrected chi connectivity index (χ4v) is 3.15. The van der Waals surface area contributed by atoms with Gasteiger partial charge in [0.1, 0.15) is 11.0 Å². The first-order valence-corrected chi connectivity index (χ1v) is 8.59. The van der Waals surface area contributed by atoms with Crippen LogP contribution in [0.2, 0.25) is 0 Å². The molecule has 0 bridgehead atoms. The summed E-state index contributed by atoms with van der Waals surface area (Å²) < 4.78 is 8.40. The normalized spacial score (nSPS) is 10.9. The summed E-state index contributed by atoms with van der Waals surface area (Å²) in [6.45, 7) is 2.03. The maximum absolute atomic E-state index is 12.9. The predicted octanol–water partition coefficient (Wildman–Crippen LogP) is 0.949. The number of hydrogen-bond acceptors (Lipinski definition) is 6. The number of carbonyl (C=O) groups excluding carboxylic acids is 1. The highest BCUT2D eigenvalue weighted by molar-refractivity contribution is 5.98. The molecule has 28 heavy (non-hydrogen) atoms. The average molecular weight is 384 g/mol. The number of anilines is 2. The number of pyridine rings is 1. The molecule has 0 radical (unpaired) electrons. The van der Waals surface area contributed by atoms with E-state index in [1.807, 2.05) is 0 Å². The molecule has 3 aromatic rings. The van der Waals surface area contributed by atoms with Crippen molar-refractivity contribution in [2.24, 2.45) is 14.1 Å². The molecule has 0 fully saturated rings. The van der Waals surface area contributed by atoms with Gasteiger partial charge in [0.25, 0.3) is 11.1 Å². The summed E-state index contributed by atoms with van der Waals surface area (Å²) in [5, 5.41) is 3.17. The Kier molecular flexibility index (Phi) is 4.91. The van der Waals surface area contributed by atoms with Crippen LogP contribution in [0.5, 0.6) is 0 Å². The van der Waals surface area contributed by atoms with Crippen LogP contribution in [0.4, 0.5) is 11.4 Å². The van der Waals surface area contributed by atoms with Gasteiger partial charge >= 0.3 is 11.7 Å². The molecule has 0 unspecified atom stereocenters. The van der Waals surface area contributed by atoms with Gasteiger partial charge < -0.3 is 10.1 Å². The number of fused-ring (bicyclic) bond motifs is 1. The van der Waals surface area contributed by atoms with Gasteiger partial charge in [-0.15, -0.1) is 0 Å². The molecule has 0 spiro atoms. The molecule has 0 atom stereocenters. The Morgan fingerprint density at radius 2 is 1.75 bits per heavy atom. The van der Waals surface area contributed by atoms with Crippen LogP contribution >= 0.6 is 0 Å². The first kappa shape index (κ1) is 19.2. The molecule has 0 saturated carbocycles. The summed E-state index contributed by atoms with van der Waals surface area (Å²) in [4.78, 5) is 49.9. The smallest absolute Gasteiger partial charge is 0.339 e. The Balaban J connectivity index is 2.39. The molecule has 0 saturated heterocycles. The molecule has 0 aliphatic carbocycles. The second-order valence-electron chi connectivity index (χ2n) is 6.21. The van der Waals surface area contributed by atoms with E-state index in [1.165, 1.54) is 36.4 Å². The van der Waals surface area contributed by atoms with Crippen molar-refractivity contribution < 1.29 is 9.53 Å². The van der Waals surface area contributed by atoms with Crippen molar-refractivity contribution in [3.63, 3.8) is 0 Å². The summed E-state index contributed by atoms with van der Waals surface area (Å²) in [5.74, 6) is -0.561. The molecule has 1 N–H and O–H groups in total. The maximum atomic E-state index is 12.9. The first-order valence-electron chi connectivity index (χ1n) is 8.59. The summed E-state index contributed by atoms with van der Waals surface area (Å²) in [6.07, 6.45) is 0. The number of para-hydroxylation sites is 1. The molecule has 2 heterocycles. The fourth-order valence-electron chi connectivity index (χ4n) is 3.15. The summed E-state index contributed by atoms with van der Waals surface area (Å²) >= 11 is 0. The largest absolute Gasteiger partial charge is 0.465 e. The number of nitrogens with zero attached hydrogens (tertiary/aromatic N) is 3. The third-order valence-corrected chi connectivity index (χ3v) is 4.62. The molecule has 0 aliphatic heterocycles. The summed E-state index contributed by atoms with van der Waals surface area (Å²) in [7, 11) is 4.15. The van der Waals surface area contributed by atoms with E-state index in [1.54, 1.807) is 31.2 Å². The zero-order valence-electron chi connectivity index (χ0n) is 16.0. The van der Waals surface area contributed by atoms with Crippen molar-refractivity contribution >= 4 is 28.4 Å². The number of benzene rings is 1. The van der Waals surface area contributed by atoms with Gasteiger partial charge in [-0.25, -0.2) is 9.59 Å². The highest BCUT2D eigenvalue weighted by Gasteiger charge is 2.19. The van der Waals surface area contributed by atoms with E-state index in [4.69, 9.17) is 4.74 Å². The minimum Gasteiger partial charge on any atom is -0.465 e. The van der Waals surface area contributed by atoms with Gasteiger partial charge in [0, 0.05) is 26.7 Å². The number of rotatable bonds is 4. The molecule has 0 amide bonds. The van der Waals surface area contributed by atoms with E-state index in [-0.39, 0.29) is 28.8 Å². The van der Waals surface area contributed by atoms with Crippen LogP contribution in [0.15, 0.2) is 44.7 Å². The van der Waals surface area contributed by atoms with Gasteiger partial charge in [0.2, 0.25) is 0 Å². The number of aryl methyl sites for hydroxylation is 2. The first-order chi connectivity index (χ1) is 13.3. The maximum Gasteiger partial charge on any atom is 0.339 e. The number of ether oxygens (including phenoxy) is 1. The predicted molar refractivity (Wildman–Crippen MR) is 105 cm³/mol. The van der Waals surface area contributed by atoms with Crippen LogP contribution in [-0.2, 0) is 25.4 Å². The Morgan fingerprint density at radius 3 is 2.39 bits per heavy atom. The van der Waals surface area contributed by atoms with Gasteiger partial charge in [0.15, 0.2) is 0 Å². The molecule has 1 aromatic carbocycles. The number of methoxy groups -OCH3 is 1. The Bertz CT molecular complexity index is 1270. The van der Waals surface area contributed by atoms with E-state index in [9.17, 15) is 19.2 Å². The fraction of sp³-hybridized carbons (Fsp3) is 0.263. The molecule has 2 aromatic heterocycles. The summed E-state index contributed by atoms with van der Waals surface area (Å²) in [6, 6.07) is 7.85. The zero-order valence-corrected chi connectivity index (χ0v) is 16.0. The van der Waals surface area contributed by atoms with Crippen LogP contribution in [0.25, 0.3) is 11.0 Å². The molecule has 3 rings (SSSR count). The monoisotopic (exact) mass is 384 g/mol. The lowest BCUT2D eigenvalue weighted by Crippen LogP contribution is -2.40. The second kappa shape index (κ2) is 7.18. The minimum absolute atomic E-state index is 0.172.